The van der Waals surface area contributed by atoms with Crippen molar-refractivity contribution in [2.45, 2.75) is 0 Å². The van der Waals surface area contributed by atoms with Crippen molar-refractivity contribution in [3.8, 4) is 11.3 Å². The van der Waals surface area contributed by atoms with Crippen LogP contribution in [0.4, 0.5) is 5.69 Å². The Balaban J connectivity index is 1.44. The number of aromatic carboxylic acids is 1. The van der Waals surface area contributed by atoms with Crippen LogP contribution in [0.25, 0.3) is 28.2 Å². The fourth-order valence-corrected chi connectivity index (χ4v) is 4.84. The highest BCUT2D eigenvalue weighted by Gasteiger charge is 2.34. The normalized spacial score (nSPS) is 15.1. The first-order valence-electron chi connectivity index (χ1n) is 9.70. The van der Waals surface area contributed by atoms with E-state index in [2.05, 4.69) is 0 Å². The Labute approximate surface area is 193 Å². The maximum absolute atomic E-state index is 13.2. The van der Waals surface area contributed by atoms with E-state index in [1.54, 1.807) is 35.2 Å². The number of amides is 1. The molecule has 5 rings (SSSR count). The fraction of sp³-hybridized carbons (Fsp3) is 0. The first-order chi connectivity index (χ1) is 15.5. The van der Waals surface area contributed by atoms with Crippen LogP contribution >= 0.6 is 24.0 Å². The van der Waals surface area contributed by atoms with Crippen molar-refractivity contribution in [3.63, 3.8) is 0 Å². The Bertz CT molecular complexity index is 1410. The van der Waals surface area contributed by atoms with E-state index < -0.39 is 5.97 Å². The number of nitrogens with zero attached hydrogens (tertiary/aromatic N) is 1. The molecule has 0 aliphatic carbocycles. The number of benzene rings is 3. The molecule has 156 valence electrons. The zero-order valence-electron chi connectivity index (χ0n) is 16.5. The van der Waals surface area contributed by atoms with Crippen LogP contribution in [0, 0.1) is 0 Å². The summed E-state index contributed by atoms with van der Waals surface area (Å²) in [5.74, 6) is -0.0801. The van der Waals surface area contributed by atoms with Gasteiger partial charge in [0.25, 0.3) is 5.91 Å². The molecule has 0 radical (unpaired) electrons. The van der Waals surface area contributed by atoms with Gasteiger partial charge >= 0.3 is 5.97 Å². The summed E-state index contributed by atoms with van der Waals surface area (Å²) < 4.78 is 6.34. The number of carboxylic acids is 1. The fourth-order valence-electron chi connectivity index (χ4n) is 3.57. The molecular formula is C25H15NO4S2. The van der Waals surface area contributed by atoms with Gasteiger partial charge in [-0.05, 0) is 35.7 Å². The number of carbonyl (C=O) groups excluding carboxylic acids is 1. The zero-order chi connectivity index (χ0) is 22.2. The maximum Gasteiger partial charge on any atom is 0.335 e. The van der Waals surface area contributed by atoms with Gasteiger partial charge in [0.05, 0.1) is 16.2 Å². The van der Waals surface area contributed by atoms with Crippen molar-refractivity contribution in [2.75, 3.05) is 4.90 Å². The minimum Gasteiger partial charge on any atom is -0.478 e. The molecule has 1 aliphatic heterocycles. The van der Waals surface area contributed by atoms with Gasteiger partial charge in [-0.3, -0.25) is 9.69 Å². The van der Waals surface area contributed by atoms with Crippen LogP contribution in [0.5, 0.6) is 0 Å². The molecule has 1 amide bonds. The molecule has 1 N–H and O–H groups in total. The molecule has 3 aromatic carbocycles. The lowest BCUT2D eigenvalue weighted by atomic mass is 10.1. The molecule has 32 heavy (non-hydrogen) atoms. The number of anilines is 1. The number of hydrogen-bond acceptors (Lipinski definition) is 5. The average molecular weight is 458 g/mol. The van der Waals surface area contributed by atoms with Gasteiger partial charge in [0, 0.05) is 17.0 Å². The SMILES string of the molecule is O=C(O)c1ccc(-c2ccc(C=C3SC(=S)N(c4cccc5ccccc45)C3=O)o2)cc1. The molecule has 1 aromatic heterocycles. The van der Waals surface area contributed by atoms with Crippen LogP contribution in [0.1, 0.15) is 16.1 Å². The minimum atomic E-state index is -0.982. The summed E-state index contributed by atoms with van der Waals surface area (Å²) in [5.41, 5.74) is 1.71. The van der Waals surface area contributed by atoms with E-state index in [4.69, 9.17) is 21.7 Å². The molecule has 5 nitrogen and oxygen atoms in total. The van der Waals surface area contributed by atoms with Crippen molar-refractivity contribution in [3.05, 3.63) is 95.1 Å². The molecule has 1 aliphatic rings. The van der Waals surface area contributed by atoms with E-state index in [9.17, 15) is 9.59 Å². The van der Waals surface area contributed by atoms with Gasteiger partial charge in [-0.25, -0.2) is 4.79 Å². The van der Waals surface area contributed by atoms with Crippen LogP contribution in [0.3, 0.4) is 0 Å². The molecule has 0 unspecified atom stereocenters. The molecule has 4 aromatic rings. The van der Waals surface area contributed by atoms with Crippen molar-refractivity contribution in [1.82, 2.24) is 0 Å². The summed E-state index contributed by atoms with van der Waals surface area (Å²) in [5, 5.41) is 11.0. The summed E-state index contributed by atoms with van der Waals surface area (Å²) in [6, 6.07) is 23.6. The van der Waals surface area contributed by atoms with Crippen LogP contribution in [-0.2, 0) is 4.79 Å². The number of carboxylic acid groups (broad SMARTS) is 1. The number of hydrogen-bond donors (Lipinski definition) is 1. The first kappa shape index (κ1) is 20.2. The van der Waals surface area contributed by atoms with Gasteiger partial charge in [0.2, 0.25) is 0 Å². The van der Waals surface area contributed by atoms with Crippen LogP contribution in [-0.4, -0.2) is 21.3 Å². The minimum absolute atomic E-state index is 0.194. The molecular weight excluding hydrogens is 442 g/mol. The topological polar surface area (TPSA) is 70.8 Å². The van der Waals surface area contributed by atoms with E-state index in [1.165, 1.54) is 23.9 Å². The van der Waals surface area contributed by atoms with Gasteiger partial charge in [0.15, 0.2) is 4.32 Å². The number of carbonyl (C=O) groups is 2. The number of thioether (sulfide) groups is 1. The Morgan fingerprint density at radius 2 is 1.72 bits per heavy atom. The summed E-state index contributed by atoms with van der Waals surface area (Å²) in [4.78, 5) is 26.3. The quantitative estimate of drug-likeness (QED) is 0.290. The Kier molecular flexibility index (Phi) is 5.13. The molecule has 2 heterocycles. The Morgan fingerprint density at radius 3 is 2.50 bits per heavy atom. The molecule has 7 heteroatoms. The molecule has 0 bridgehead atoms. The van der Waals surface area contributed by atoms with Crippen molar-refractivity contribution < 1.29 is 19.1 Å². The predicted octanol–water partition coefficient (Wildman–Crippen LogP) is 6.20. The summed E-state index contributed by atoms with van der Waals surface area (Å²) >= 11 is 6.75. The lowest BCUT2D eigenvalue weighted by Gasteiger charge is -2.17. The van der Waals surface area contributed by atoms with Crippen LogP contribution < -0.4 is 4.90 Å². The summed E-state index contributed by atoms with van der Waals surface area (Å²) in [6.45, 7) is 0. The Morgan fingerprint density at radius 1 is 0.969 bits per heavy atom. The third-order valence-corrected chi connectivity index (χ3v) is 6.42. The summed E-state index contributed by atoms with van der Waals surface area (Å²) in [6.07, 6.45) is 1.68. The highest BCUT2D eigenvalue weighted by Crippen LogP contribution is 2.39. The highest BCUT2D eigenvalue weighted by molar-refractivity contribution is 8.27. The molecule has 1 saturated heterocycles. The zero-order valence-corrected chi connectivity index (χ0v) is 18.2. The smallest absolute Gasteiger partial charge is 0.335 e. The van der Waals surface area contributed by atoms with Crippen LogP contribution in [0.15, 0.2) is 88.2 Å². The summed E-state index contributed by atoms with van der Waals surface area (Å²) in [7, 11) is 0. The Hall–Kier alpha value is -3.68. The van der Waals surface area contributed by atoms with Crippen molar-refractivity contribution in [2.24, 2.45) is 0 Å². The van der Waals surface area contributed by atoms with E-state index in [-0.39, 0.29) is 11.5 Å². The number of furan rings is 1. The average Bonchev–Trinajstić information content (AvgIpc) is 3.38. The van der Waals surface area contributed by atoms with Gasteiger partial charge < -0.3 is 9.52 Å². The van der Waals surface area contributed by atoms with Crippen LogP contribution in [0.2, 0.25) is 0 Å². The largest absolute Gasteiger partial charge is 0.478 e. The third kappa shape index (κ3) is 3.62. The first-order valence-corrected chi connectivity index (χ1v) is 10.9. The second-order valence-corrected chi connectivity index (χ2v) is 8.78. The van der Waals surface area contributed by atoms with Gasteiger partial charge in [-0.1, -0.05) is 72.5 Å². The monoisotopic (exact) mass is 457 g/mol. The highest BCUT2D eigenvalue weighted by atomic mass is 32.2. The lowest BCUT2D eigenvalue weighted by molar-refractivity contribution is -0.113. The molecule has 0 spiro atoms. The standard InChI is InChI=1S/C25H15NO4S2/c27-23-22(14-18-12-13-21(30-18)16-8-10-17(11-9-16)24(28)29)32-25(31)26(23)20-7-3-5-15-4-1-2-6-19(15)20/h1-14H,(H,28,29). The maximum atomic E-state index is 13.2. The van der Waals surface area contributed by atoms with E-state index in [0.29, 0.717) is 20.7 Å². The number of fused-ring (bicyclic) bond motifs is 1. The molecule has 1 fully saturated rings. The molecule has 0 saturated carbocycles. The van der Waals surface area contributed by atoms with Crippen molar-refractivity contribution >= 4 is 62.7 Å². The van der Waals surface area contributed by atoms with E-state index in [1.807, 2.05) is 42.5 Å². The van der Waals surface area contributed by atoms with E-state index >= 15 is 0 Å². The van der Waals surface area contributed by atoms with E-state index in [0.717, 1.165) is 22.0 Å². The number of rotatable bonds is 4. The van der Waals surface area contributed by atoms with Gasteiger partial charge in [-0.15, -0.1) is 0 Å². The number of thiocarbonyl (C=S) groups is 1. The van der Waals surface area contributed by atoms with Crippen molar-refractivity contribution in [1.29, 1.82) is 0 Å². The lowest BCUT2D eigenvalue weighted by Crippen LogP contribution is -2.27. The van der Waals surface area contributed by atoms with Gasteiger partial charge in [0.1, 0.15) is 11.5 Å². The van der Waals surface area contributed by atoms with Gasteiger partial charge in [-0.2, -0.15) is 0 Å². The molecule has 0 atom stereocenters. The second kappa shape index (κ2) is 8.11. The second-order valence-electron chi connectivity index (χ2n) is 7.10. The predicted molar refractivity (Wildman–Crippen MR) is 131 cm³/mol. The third-order valence-electron chi connectivity index (χ3n) is 5.12.